The molecule has 0 atom stereocenters. The van der Waals surface area contributed by atoms with Crippen LogP contribution in [-0.4, -0.2) is 24.3 Å². The molecule has 2 aromatic carbocycles. The number of ether oxygens (including phenoxy) is 1. The van der Waals surface area contributed by atoms with Crippen LogP contribution in [0.5, 0.6) is 5.75 Å². The summed E-state index contributed by atoms with van der Waals surface area (Å²) in [6.07, 6.45) is 0. The normalized spacial score (nSPS) is 10.8. The van der Waals surface area contributed by atoms with Crippen molar-refractivity contribution in [3.63, 3.8) is 0 Å². The summed E-state index contributed by atoms with van der Waals surface area (Å²) in [5.74, 6) is -0.355. The second-order valence-electron chi connectivity index (χ2n) is 5.25. The summed E-state index contributed by atoms with van der Waals surface area (Å²) in [6.45, 7) is 3.63. The van der Waals surface area contributed by atoms with Crippen LogP contribution in [0, 0.1) is 6.92 Å². The molecule has 0 N–H and O–H groups in total. The predicted octanol–water partition coefficient (Wildman–Crippen LogP) is 4.33. The minimum Gasteiger partial charge on any atom is -0.480 e. The summed E-state index contributed by atoms with van der Waals surface area (Å²) in [6, 6.07) is 11.3. The maximum atomic E-state index is 11.4. The van der Waals surface area contributed by atoms with Gasteiger partial charge in [0, 0.05) is 5.56 Å². The second kappa shape index (κ2) is 7.55. The topological polar surface area (TPSA) is 70.8 Å². The van der Waals surface area contributed by atoms with Crippen LogP contribution in [0.1, 0.15) is 12.5 Å². The predicted molar refractivity (Wildman–Crippen MR) is 92.4 cm³/mol. The lowest BCUT2D eigenvalue weighted by Gasteiger charge is -2.07. The van der Waals surface area contributed by atoms with Gasteiger partial charge in [0.1, 0.15) is 16.5 Å². The monoisotopic (exact) mass is 361 g/mol. The first kappa shape index (κ1) is 17.3. The van der Waals surface area contributed by atoms with Gasteiger partial charge in [0.15, 0.2) is 12.2 Å². The molecule has 0 saturated carbocycles. The highest BCUT2D eigenvalue weighted by molar-refractivity contribution is 6.36. The van der Waals surface area contributed by atoms with Crippen LogP contribution in [0.15, 0.2) is 40.9 Å². The van der Waals surface area contributed by atoms with Crippen molar-refractivity contribution in [3.05, 3.63) is 47.0 Å². The largest absolute Gasteiger partial charge is 0.480 e. The van der Waals surface area contributed by atoms with E-state index in [0.29, 0.717) is 17.0 Å². The lowest BCUT2D eigenvalue weighted by atomic mass is 10.0. The zero-order valence-electron chi connectivity index (χ0n) is 13.7. The third-order valence-corrected chi connectivity index (χ3v) is 3.92. The Morgan fingerprint density at radius 3 is 2.80 bits per heavy atom. The molecule has 0 saturated heterocycles. The molecule has 130 valence electrons. The third-order valence-electron chi connectivity index (χ3n) is 3.56. The highest BCUT2D eigenvalue weighted by atomic mass is 35.5. The number of nitrogens with zero attached hydrogens (tertiary/aromatic N) is 1. The van der Waals surface area contributed by atoms with Crippen molar-refractivity contribution in [2.45, 2.75) is 13.8 Å². The molecule has 0 radical (unpaired) electrons. The minimum atomic E-state index is -0.656. The van der Waals surface area contributed by atoms with E-state index in [1.807, 2.05) is 31.2 Å². The summed E-state index contributed by atoms with van der Waals surface area (Å²) in [5, 5.41) is 5.15. The number of hydrogen-bond donors (Lipinski definition) is 0. The number of fused-ring (bicyclic) bond motifs is 1. The third kappa shape index (κ3) is 3.60. The van der Waals surface area contributed by atoms with E-state index in [2.05, 4.69) is 14.9 Å². The van der Waals surface area contributed by atoms with Gasteiger partial charge < -0.3 is 9.26 Å². The first-order valence-electron chi connectivity index (χ1n) is 7.70. The van der Waals surface area contributed by atoms with E-state index < -0.39 is 5.97 Å². The molecular weight excluding hydrogens is 346 g/mol. The van der Waals surface area contributed by atoms with Gasteiger partial charge in [-0.2, -0.15) is 4.89 Å². The Morgan fingerprint density at radius 2 is 2.04 bits per heavy atom. The van der Waals surface area contributed by atoms with Gasteiger partial charge in [-0.05, 0) is 31.5 Å². The zero-order valence-corrected chi connectivity index (χ0v) is 14.5. The number of carbonyl (C=O) groups excluding carboxylic acids is 1. The van der Waals surface area contributed by atoms with Crippen LogP contribution in [0.4, 0.5) is 0 Å². The number of rotatable bonds is 6. The van der Waals surface area contributed by atoms with Crippen molar-refractivity contribution in [3.8, 4) is 17.0 Å². The standard InChI is InChI=1S/C18H16ClNO5/c1-3-23-25-15(21)10-22-14-9-8-13-17(20-24-18(13)16(14)19)12-7-5-4-6-11(12)2/h4-9H,3,10H2,1-2H3. The molecule has 0 amide bonds. The smallest absolute Gasteiger partial charge is 0.379 e. The SMILES string of the molecule is CCOOC(=O)COc1ccc2c(-c3ccccc3C)noc2c1Cl. The molecule has 0 aliphatic carbocycles. The summed E-state index contributed by atoms with van der Waals surface area (Å²) in [7, 11) is 0. The van der Waals surface area contributed by atoms with Gasteiger partial charge in [-0.1, -0.05) is 41.0 Å². The van der Waals surface area contributed by atoms with E-state index >= 15 is 0 Å². The number of halogens is 1. The van der Waals surface area contributed by atoms with Crippen molar-refractivity contribution >= 4 is 28.5 Å². The summed E-state index contributed by atoms with van der Waals surface area (Å²) >= 11 is 6.33. The maximum absolute atomic E-state index is 11.4. The molecule has 0 unspecified atom stereocenters. The van der Waals surface area contributed by atoms with E-state index in [9.17, 15) is 4.79 Å². The molecule has 1 heterocycles. The first-order chi connectivity index (χ1) is 12.1. The molecule has 25 heavy (non-hydrogen) atoms. The Hall–Kier alpha value is -2.57. The van der Waals surface area contributed by atoms with E-state index in [1.165, 1.54) is 0 Å². The molecular formula is C18H16ClNO5. The van der Waals surface area contributed by atoms with Crippen LogP contribution in [0.2, 0.25) is 5.02 Å². The van der Waals surface area contributed by atoms with Crippen molar-refractivity contribution in [2.75, 3.05) is 13.2 Å². The molecule has 6 nitrogen and oxygen atoms in total. The van der Waals surface area contributed by atoms with Crippen LogP contribution in [-0.2, 0) is 14.6 Å². The summed E-state index contributed by atoms with van der Waals surface area (Å²) in [4.78, 5) is 20.5. The van der Waals surface area contributed by atoms with Crippen LogP contribution < -0.4 is 4.74 Å². The minimum absolute atomic E-state index is 0.244. The van der Waals surface area contributed by atoms with Crippen LogP contribution in [0.25, 0.3) is 22.2 Å². The van der Waals surface area contributed by atoms with E-state index in [4.69, 9.17) is 20.9 Å². The molecule has 0 spiro atoms. The van der Waals surface area contributed by atoms with Crippen molar-refractivity contribution < 1.29 is 23.8 Å². The van der Waals surface area contributed by atoms with Crippen LogP contribution in [0.3, 0.4) is 0 Å². The number of benzene rings is 2. The van der Waals surface area contributed by atoms with Gasteiger partial charge in [-0.3, -0.25) is 4.89 Å². The van der Waals surface area contributed by atoms with Crippen molar-refractivity contribution in [1.82, 2.24) is 5.16 Å². The molecule has 3 aromatic rings. The average Bonchev–Trinajstić information content (AvgIpc) is 3.04. The van der Waals surface area contributed by atoms with E-state index in [0.717, 1.165) is 16.5 Å². The Kier molecular flexibility index (Phi) is 5.21. The van der Waals surface area contributed by atoms with Gasteiger partial charge in [-0.25, -0.2) is 4.79 Å². The fraction of sp³-hybridized carbons (Fsp3) is 0.222. The number of aromatic nitrogens is 1. The molecule has 0 aliphatic rings. The lowest BCUT2D eigenvalue weighted by Crippen LogP contribution is -2.15. The Labute approximate surface area is 149 Å². The zero-order chi connectivity index (χ0) is 17.8. The Morgan fingerprint density at radius 1 is 1.24 bits per heavy atom. The highest BCUT2D eigenvalue weighted by Crippen LogP contribution is 2.38. The first-order valence-corrected chi connectivity index (χ1v) is 8.08. The van der Waals surface area contributed by atoms with Gasteiger partial charge >= 0.3 is 5.97 Å². The second-order valence-corrected chi connectivity index (χ2v) is 5.63. The van der Waals surface area contributed by atoms with Gasteiger partial charge in [0.05, 0.1) is 12.0 Å². The van der Waals surface area contributed by atoms with Gasteiger partial charge in [-0.15, -0.1) is 0 Å². The average molecular weight is 362 g/mol. The molecule has 1 aromatic heterocycles. The number of carbonyl (C=O) groups is 1. The molecule has 0 aliphatic heterocycles. The van der Waals surface area contributed by atoms with Gasteiger partial charge in [0.2, 0.25) is 0 Å². The van der Waals surface area contributed by atoms with Crippen molar-refractivity contribution in [1.29, 1.82) is 0 Å². The van der Waals surface area contributed by atoms with Crippen LogP contribution >= 0.6 is 11.6 Å². The maximum Gasteiger partial charge on any atom is 0.379 e. The quantitative estimate of drug-likeness (QED) is 0.480. The summed E-state index contributed by atoms with van der Waals surface area (Å²) < 4.78 is 10.8. The number of hydrogen-bond acceptors (Lipinski definition) is 6. The van der Waals surface area contributed by atoms with Gasteiger partial charge in [0.25, 0.3) is 0 Å². The summed E-state index contributed by atoms with van der Waals surface area (Å²) in [5.41, 5.74) is 3.15. The molecule has 0 fully saturated rings. The molecule has 0 bridgehead atoms. The van der Waals surface area contributed by atoms with Crippen molar-refractivity contribution in [2.24, 2.45) is 0 Å². The van der Waals surface area contributed by atoms with E-state index in [1.54, 1.807) is 19.1 Å². The Balaban J connectivity index is 1.87. The van der Waals surface area contributed by atoms with E-state index in [-0.39, 0.29) is 18.2 Å². The fourth-order valence-corrected chi connectivity index (χ4v) is 2.64. The highest BCUT2D eigenvalue weighted by Gasteiger charge is 2.18. The lowest BCUT2D eigenvalue weighted by molar-refractivity contribution is -0.270. The number of aryl methyl sites for hydroxylation is 1. The Bertz CT molecular complexity index is 906. The molecule has 7 heteroatoms. The molecule has 3 rings (SSSR count). The fourth-order valence-electron chi connectivity index (χ4n) is 2.38.